The summed E-state index contributed by atoms with van der Waals surface area (Å²) in [5, 5.41) is 2.77. The molecule has 0 saturated carbocycles. The van der Waals surface area contributed by atoms with Crippen LogP contribution in [0.3, 0.4) is 0 Å². The molecule has 0 atom stereocenters. The van der Waals surface area contributed by atoms with Crippen LogP contribution in [-0.2, 0) is 13.0 Å². The molecule has 4 nitrogen and oxygen atoms in total. The van der Waals surface area contributed by atoms with Crippen LogP contribution in [0.15, 0.2) is 42.6 Å². The van der Waals surface area contributed by atoms with Gasteiger partial charge in [0.15, 0.2) is 0 Å². The molecule has 3 N–H and O–H groups in total. The molecule has 0 bridgehead atoms. The first kappa shape index (κ1) is 14.1. The van der Waals surface area contributed by atoms with Crippen molar-refractivity contribution >= 4 is 5.91 Å². The van der Waals surface area contributed by atoms with Crippen molar-refractivity contribution in [1.29, 1.82) is 0 Å². The Morgan fingerprint density at radius 2 is 1.85 bits per heavy atom. The second-order valence-corrected chi connectivity index (χ2v) is 4.39. The normalized spacial score (nSPS) is 10.3. The van der Waals surface area contributed by atoms with Crippen LogP contribution in [0.25, 0.3) is 0 Å². The van der Waals surface area contributed by atoms with E-state index in [9.17, 15) is 9.18 Å². The number of benzene rings is 1. The van der Waals surface area contributed by atoms with Crippen molar-refractivity contribution in [2.24, 2.45) is 5.73 Å². The van der Waals surface area contributed by atoms with Crippen molar-refractivity contribution in [3.63, 3.8) is 0 Å². The number of nitrogens with one attached hydrogen (secondary N) is 1. The largest absolute Gasteiger partial charge is 0.350 e. The van der Waals surface area contributed by atoms with Gasteiger partial charge in [-0.05, 0) is 35.7 Å². The van der Waals surface area contributed by atoms with E-state index in [0.717, 1.165) is 11.1 Å². The Hall–Kier alpha value is -2.27. The third-order valence-corrected chi connectivity index (χ3v) is 2.91. The molecule has 2 aromatic rings. The first-order valence-electron chi connectivity index (χ1n) is 6.36. The number of nitrogens with two attached hydrogens (primary N) is 1. The summed E-state index contributed by atoms with van der Waals surface area (Å²) >= 11 is 0. The molecule has 0 aliphatic carbocycles. The third kappa shape index (κ3) is 3.86. The fraction of sp³-hybridized carbons (Fsp3) is 0.200. The molecule has 104 valence electrons. The topological polar surface area (TPSA) is 68.0 Å². The predicted molar refractivity (Wildman–Crippen MR) is 74.6 cm³/mol. The average Bonchev–Trinajstić information content (AvgIpc) is 2.49. The predicted octanol–water partition coefficient (Wildman–Crippen LogP) is 1.65. The van der Waals surface area contributed by atoms with Gasteiger partial charge in [0, 0.05) is 19.3 Å². The summed E-state index contributed by atoms with van der Waals surface area (Å²) < 4.78 is 12.7. The first-order chi connectivity index (χ1) is 9.69. The van der Waals surface area contributed by atoms with E-state index in [0.29, 0.717) is 25.2 Å². The fourth-order valence-electron chi connectivity index (χ4n) is 1.74. The molecule has 20 heavy (non-hydrogen) atoms. The van der Waals surface area contributed by atoms with Crippen LogP contribution in [-0.4, -0.2) is 17.4 Å². The average molecular weight is 273 g/mol. The molecule has 1 aromatic carbocycles. The van der Waals surface area contributed by atoms with Crippen LogP contribution in [0.2, 0.25) is 0 Å². The highest BCUT2D eigenvalue weighted by molar-refractivity contribution is 5.92. The third-order valence-electron chi connectivity index (χ3n) is 2.91. The van der Waals surface area contributed by atoms with Gasteiger partial charge in [0.25, 0.3) is 5.91 Å². The Kier molecular flexibility index (Phi) is 4.79. The van der Waals surface area contributed by atoms with E-state index in [1.807, 2.05) is 0 Å². The number of carbonyl (C=O) groups excluding carboxylic acids is 1. The Balaban J connectivity index is 1.83. The van der Waals surface area contributed by atoms with Gasteiger partial charge >= 0.3 is 0 Å². The number of hydrogen-bond donors (Lipinski definition) is 2. The standard InChI is InChI=1S/C15H16FN3O/c16-13-4-1-11(2-5-13)7-8-18-15(20)14-6-3-12(9-17)10-19-14/h1-6,10H,7-9,17H2,(H,18,20). The van der Waals surface area contributed by atoms with Crippen LogP contribution >= 0.6 is 0 Å². The van der Waals surface area contributed by atoms with Crippen molar-refractivity contribution in [2.45, 2.75) is 13.0 Å². The van der Waals surface area contributed by atoms with Crippen molar-refractivity contribution in [1.82, 2.24) is 10.3 Å². The van der Waals surface area contributed by atoms with Gasteiger partial charge in [-0.25, -0.2) is 4.39 Å². The molecule has 0 saturated heterocycles. The quantitative estimate of drug-likeness (QED) is 0.870. The zero-order chi connectivity index (χ0) is 14.4. The van der Waals surface area contributed by atoms with Gasteiger partial charge in [-0.15, -0.1) is 0 Å². The monoisotopic (exact) mass is 273 g/mol. The second-order valence-electron chi connectivity index (χ2n) is 4.39. The molecule has 0 unspecified atom stereocenters. The maximum Gasteiger partial charge on any atom is 0.269 e. The highest BCUT2D eigenvalue weighted by Crippen LogP contribution is 2.03. The number of carbonyl (C=O) groups is 1. The van der Waals surface area contributed by atoms with Gasteiger partial charge in [-0.1, -0.05) is 18.2 Å². The molecule has 1 aromatic heterocycles. The number of hydrogen-bond acceptors (Lipinski definition) is 3. The molecule has 0 radical (unpaired) electrons. The Morgan fingerprint density at radius 3 is 2.45 bits per heavy atom. The Morgan fingerprint density at radius 1 is 1.15 bits per heavy atom. The van der Waals surface area contributed by atoms with Crippen molar-refractivity contribution in [3.8, 4) is 0 Å². The Labute approximate surface area is 116 Å². The minimum absolute atomic E-state index is 0.226. The summed E-state index contributed by atoms with van der Waals surface area (Å²) in [7, 11) is 0. The van der Waals surface area contributed by atoms with Crippen LogP contribution in [0.1, 0.15) is 21.6 Å². The molecule has 0 aliphatic heterocycles. The molecule has 1 amide bonds. The number of nitrogens with zero attached hydrogens (tertiary/aromatic N) is 1. The summed E-state index contributed by atoms with van der Waals surface area (Å²) in [6.07, 6.45) is 2.24. The summed E-state index contributed by atoms with van der Waals surface area (Å²) in [5.74, 6) is -0.488. The lowest BCUT2D eigenvalue weighted by atomic mass is 10.1. The summed E-state index contributed by atoms with van der Waals surface area (Å²) in [6.45, 7) is 0.879. The minimum Gasteiger partial charge on any atom is -0.350 e. The van der Waals surface area contributed by atoms with Crippen LogP contribution < -0.4 is 11.1 Å². The zero-order valence-corrected chi connectivity index (χ0v) is 11.0. The lowest BCUT2D eigenvalue weighted by Gasteiger charge is -2.05. The second kappa shape index (κ2) is 6.77. The van der Waals surface area contributed by atoms with Gasteiger partial charge < -0.3 is 11.1 Å². The zero-order valence-electron chi connectivity index (χ0n) is 11.0. The summed E-state index contributed by atoms with van der Waals surface area (Å²) in [4.78, 5) is 15.9. The highest BCUT2D eigenvalue weighted by atomic mass is 19.1. The summed E-state index contributed by atoms with van der Waals surface area (Å²) in [5.41, 5.74) is 7.68. The molecule has 0 aliphatic rings. The van der Waals surface area contributed by atoms with E-state index in [1.165, 1.54) is 12.1 Å². The number of pyridine rings is 1. The lowest BCUT2D eigenvalue weighted by molar-refractivity contribution is 0.0949. The number of aromatic nitrogens is 1. The highest BCUT2D eigenvalue weighted by Gasteiger charge is 2.06. The SMILES string of the molecule is NCc1ccc(C(=O)NCCc2ccc(F)cc2)nc1. The molecule has 0 spiro atoms. The van der Waals surface area contributed by atoms with E-state index in [1.54, 1.807) is 30.5 Å². The lowest BCUT2D eigenvalue weighted by Crippen LogP contribution is -2.26. The number of amides is 1. The van der Waals surface area contributed by atoms with Gasteiger partial charge in [0.1, 0.15) is 11.5 Å². The van der Waals surface area contributed by atoms with E-state index in [4.69, 9.17) is 5.73 Å². The fourth-order valence-corrected chi connectivity index (χ4v) is 1.74. The number of halogens is 1. The van der Waals surface area contributed by atoms with E-state index in [2.05, 4.69) is 10.3 Å². The first-order valence-corrected chi connectivity index (χ1v) is 6.36. The van der Waals surface area contributed by atoms with E-state index < -0.39 is 0 Å². The van der Waals surface area contributed by atoms with Crippen molar-refractivity contribution < 1.29 is 9.18 Å². The van der Waals surface area contributed by atoms with Crippen molar-refractivity contribution in [3.05, 3.63) is 65.2 Å². The molecular weight excluding hydrogens is 257 g/mol. The molecular formula is C15H16FN3O. The molecule has 0 fully saturated rings. The molecule has 2 rings (SSSR count). The van der Waals surface area contributed by atoms with Gasteiger partial charge in [-0.2, -0.15) is 0 Å². The molecule has 5 heteroatoms. The minimum atomic E-state index is -0.262. The van der Waals surface area contributed by atoms with Gasteiger partial charge in [0.2, 0.25) is 0 Å². The van der Waals surface area contributed by atoms with Gasteiger partial charge in [-0.3, -0.25) is 9.78 Å². The Bertz CT molecular complexity index is 567. The maximum absolute atomic E-state index is 12.7. The summed E-state index contributed by atoms with van der Waals surface area (Å²) in [6, 6.07) is 9.65. The van der Waals surface area contributed by atoms with Crippen LogP contribution in [0, 0.1) is 5.82 Å². The van der Waals surface area contributed by atoms with Crippen LogP contribution in [0.5, 0.6) is 0 Å². The number of rotatable bonds is 5. The van der Waals surface area contributed by atoms with Gasteiger partial charge in [0.05, 0.1) is 0 Å². The molecule has 1 heterocycles. The maximum atomic E-state index is 12.7. The smallest absolute Gasteiger partial charge is 0.269 e. The van der Waals surface area contributed by atoms with E-state index in [-0.39, 0.29) is 11.7 Å². The van der Waals surface area contributed by atoms with Crippen molar-refractivity contribution in [2.75, 3.05) is 6.54 Å². The van der Waals surface area contributed by atoms with Crippen LogP contribution in [0.4, 0.5) is 4.39 Å². The van der Waals surface area contributed by atoms with E-state index >= 15 is 0 Å².